The van der Waals surface area contributed by atoms with Crippen LogP contribution in [0.25, 0.3) is 10.7 Å². The highest BCUT2D eigenvalue weighted by Crippen LogP contribution is 2.30. The summed E-state index contributed by atoms with van der Waals surface area (Å²) in [7, 11) is 0. The van der Waals surface area contributed by atoms with Gasteiger partial charge in [-0.25, -0.2) is 0 Å². The van der Waals surface area contributed by atoms with Gasteiger partial charge < -0.3 is 4.74 Å². The first-order valence-corrected chi connectivity index (χ1v) is 11.7. The molecule has 0 spiro atoms. The molecule has 5 nitrogen and oxygen atoms in total. The number of Topliss-reactive ketones (excluding diaryl/α,β-unsaturated/α-hetero) is 1. The van der Waals surface area contributed by atoms with Gasteiger partial charge in [-0.05, 0) is 56.2 Å². The average Bonchev–Trinajstić information content (AvgIpc) is 3.42. The molecule has 152 valence electrons. The van der Waals surface area contributed by atoms with Crippen LogP contribution >= 0.6 is 23.1 Å². The lowest BCUT2D eigenvalue weighted by Crippen LogP contribution is -2.17. The van der Waals surface area contributed by atoms with Gasteiger partial charge in [-0.1, -0.05) is 35.5 Å². The second-order valence-electron chi connectivity index (χ2n) is 7.51. The summed E-state index contributed by atoms with van der Waals surface area (Å²) in [5, 5.41) is 11.7. The molecule has 29 heavy (non-hydrogen) atoms. The minimum Gasteiger partial charge on any atom is -0.376 e. The normalized spacial score (nSPS) is 16.4. The third kappa shape index (κ3) is 4.47. The van der Waals surface area contributed by atoms with Crippen LogP contribution in [-0.4, -0.2) is 39.0 Å². The van der Waals surface area contributed by atoms with E-state index in [1.54, 1.807) is 11.3 Å². The number of aromatic nitrogens is 3. The molecule has 1 aliphatic heterocycles. The summed E-state index contributed by atoms with van der Waals surface area (Å²) in [6.07, 6.45) is 2.32. The topological polar surface area (TPSA) is 57.0 Å². The van der Waals surface area contributed by atoms with Crippen molar-refractivity contribution in [3.8, 4) is 10.7 Å². The number of thioether (sulfide) groups is 1. The SMILES string of the molecule is Cc1cc(C)c(C(=O)CSc2nnc(-c3cccs3)n2CC2CCCO2)c(C)c1. The molecule has 3 aromatic rings. The van der Waals surface area contributed by atoms with Crippen LogP contribution in [0, 0.1) is 20.8 Å². The molecule has 0 N–H and O–H groups in total. The molecule has 0 amide bonds. The molecule has 1 fully saturated rings. The van der Waals surface area contributed by atoms with Gasteiger partial charge in [-0.2, -0.15) is 0 Å². The van der Waals surface area contributed by atoms with E-state index in [0.717, 1.165) is 58.5 Å². The Kier molecular flexibility index (Phi) is 6.18. The number of carbonyl (C=O) groups excluding carboxylic acids is 1. The first-order valence-electron chi connectivity index (χ1n) is 9.85. The Morgan fingerprint density at radius 2 is 2.07 bits per heavy atom. The maximum atomic E-state index is 13.0. The molecule has 3 heterocycles. The summed E-state index contributed by atoms with van der Waals surface area (Å²) in [5.74, 6) is 1.33. The van der Waals surface area contributed by atoms with Gasteiger partial charge in [-0.15, -0.1) is 21.5 Å². The number of carbonyl (C=O) groups is 1. The lowest BCUT2D eigenvalue weighted by molar-refractivity contribution is 0.0953. The number of hydrogen-bond donors (Lipinski definition) is 0. The number of hydrogen-bond acceptors (Lipinski definition) is 6. The highest BCUT2D eigenvalue weighted by molar-refractivity contribution is 7.99. The molecule has 0 radical (unpaired) electrons. The summed E-state index contributed by atoms with van der Waals surface area (Å²) in [6, 6.07) is 8.21. The highest BCUT2D eigenvalue weighted by atomic mass is 32.2. The van der Waals surface area contributed by atoms with Gasteiger partial charge >= 0.3 is 0 Å². The molecule has 0 aliphatic carbocycles. The maximum absolute atomic E-state index is 13.0. The van der Waals surface area contributed by atoms with Crippen molar-refractivity contribution in [1.29, 1.82) is 0 Å². The van der Waals surface area contributed by atoms with E-state index in [2.05, 4.69) is 39.9 Å². The Labute approximate surface area is 179 Å². The van der Waals surface area contributed by atoms with Crippen molar-refractivity contribution in [2.24, 2.45) is 0 Å². The van der Waals surface area contributed by atoms with Gasteiger partial charge in [0.25, 0.3) is 0 Å². The standard InChI is InChI=1S/C22H25N3O2S2/c1-14-10-15(2)20(16(3)11-14)18(26)13-29-22-24-23-21(19-7-5-9-28-19)25(22)12-17-6-4-8-27-17/h5,7,9-11,17H,4,6,8,12-13H2,1-3H3. The Bertz CT molecular complexity index is 982. The molecular weight excluding hydrogens is 402 g/mol. The quantitative estimate of drug-likeness (QED) is 0.388. The zero-order valence-electron chi connectivity index (χ0n) is 17.0. The number of ketones is 1. The Balaban J connectivity index is 1.56. The van der Waals surface area contributed by atoms with Crippen molar-refractivity contribution in [2.45, 2.75) is 51.4 Å². The number of ether oxygens (including phenoxy) is 1. The molecule has 4 rings (SSSR count). The summed E-state index contributed by atoms with van der Waals surface area (Å²) in [4.78, 5) is 14.0. The third-order valence-corrected chi connectivity index (χ3v) is 6.99. The van der Waals surface area contributed by atoms with Gasteiger partial charge in [0.2, 0.25) is 0 Å². The molecule has 1 atom stereocenters. The molecule has 7 heteroatoms. The van der Waals surface area contributed by atoms with Crippen molar-refractivity contribution >= 4 is 28.9 Å². The van der Waals surface area contributed by atoms with Crippen molar-refractivity contribution in [2.75, 3.05) is 12.4 Å². The van der Waals surface area contributed by atoms with E-state index in [-0.39, 0.29) is 11.9 Å². The monoisotopic (exact) mass is 427 g/mol. The van der Waals surface area contributed by atoms with Gasteiger partial charge in [0.05, 0.1) is 23.3 Å². The molecule has 1 unspecified atom stereocenters. The zero-order valence-corrected chi connectivity index (χ0v) is 18.6. The van der Waals surface area contributed by atoms with Gasteiger partial charge in [0, 0.05) is 12.2 Å². The predicted octanol–water partition coefficient (Wildman–Crippen LogP) is 5.09. The van der Waals surface area contributed by atoms with E-state index < -0.39 is 0 Å². The van der Waals surface area contributed by atoms with Crippen LogP contribution in [0.5, 0.6) is 0 Å². The van der Waals surface area contributed by atoms with E-state index in [1.165, 1.54) is 17.3 Å². The summed E-state index contributed by atoms with van der Waals surface area (Å²) in [6.45, 7) is 7.61. The van der Waals surface area contributed by atoms with Crippen molar-refractivity contribution in [3.63, 3.8) is 0 Å². The third-order valence-electron chi connectivity index (χ3n) is 5.16. The average molecular weight is 428 g/mol. The number of thiophene rings is 1. The summed E-state index contributed by atoms with van der Waals surface area (Å²) >= 11 is 3.11. The molecule has 1 saturated heterocycles. The molecule has 0 saturated carbocycles. The van der Waals surface area contributed by atoms with E-state index >= 15 is 0 Å². The van der Waals surface area contributed by atoms with Crippen LogP contribution in [0.2, 0.25) is 0 Å². The second-order valence-corrected chi connectivity index (χ2v) is 9.40. The summed E-state index contributed by atoms with van der Waals surface area (Å²) in [5.41, 5.74) is 4.08. The second kappa shape index (κ2) is 8.81. The summed E-state index contributed by atoms with van der Waals surface area (Å²) < 4.78 is 7.96. The Morgan fingerprint density at radius 1 is 1.28 bits per heavy atom. The number of benzene rings is 1. The fourth-order valence-electron chi connectivity index (χ4n) is 3.96. The Morgan fingerprint density at radius 3 is 2.72 bits per heavy atom. The lowest BCUT2D eigenvalue weighted by Gasteiger charge is -2.14. The van der Waals surface area contributed by atoms with Crippen LogP contribution in [0.15, 0.2) is 34.8 Å². The molecule has 0 bridgehead atoms. The number of rotatable bonds is 7. The van der Waals surface area contributed by atoms with Crippen LogP contribution in [0.3, 0.4) is 0 Å². The van der Waals surface area contributed by atoms with Crippen LogP contribution < -0.4 is 0 Å². The highest BCUT2D eigenvalue weighted by Gasteiger charge is 2.23. The fraction of sp³-hybridized carbons (Fsp3) is 0.409. The number of aryl methyl sites for hydroxylation is 3. The van der Waals surface area contributed by atoms with Crippen molar-refractivity contribution < 1.29 is 9.53 Å². The van der Waals surface area contributed by atoms with E-state index in [0.29, 0.717) is 5.75 Å². The van der Waals surface area contributed by atoms with Crippen LogP contribution in [-0.2, 0) is 11.3 Å². The largest absolute Gasteiger partial charge is 0.376 e. The van der Waals surface area contributed by atoms with Gasteiger partial charge in [0.1, 0.15) is 0 Å². The molecule has 1 aromatic carbocycles. The van der Waals surface area contributed by atoms with Crippen molar-refractivity contribution in [1.82, 2.24) is 14.8 Å². The van der Waals surface area contributed by atoms with Gasteiger partial charge in [-0.3, -0.25) is 9.36 Å². The first kappa shape index (κ1) is 20.3. The minimum absolute atomic E-state index is 0.134. The minimum atomic E-state index is 0.134. The van der Waals surface area contributed by atoms with Crippen molar-refractivity contribution in [3.05, 3.63) is 51.9 Å². The number of nitrogens with zero attached hydrogens (tertiary/aromatic N) is 3. The molecular formula is C22H25N3O2S2. The lowest BCUT2D eigenvalue weighted by atomic mass is 9.97. The molecule has 2 aromatic heterocycles. The Hall–Kier alpha value is -1.96. The predicted molar refractivity (Wildman–Crippen MR) is 118 cm³/mol. The first-order chi connectivity index (χ1) is 14.0. The van der Waals surface area contributed by atoms with Crippen LogP contribution in [0.4, 0.5) is 0 Å². The maximum Gasteiger partial charge on any atom is 0.192 e. The van der Waals surface area contributed by atoms with Crippen LogP contribution in [0.1, 0.15) is 39.9 Å². The smallest absolute Gasteiger partial charge is 0.192 e. The van der Waals surface area contributed by atoms with E-state index in [9.17, 15) is 4.79 Å². The van der Waals surface area contributed by atoms with E-state index in [4.69, 9.17) is 4.74 Å². The molecule has 1 aliphatic rings. The van der Waals surface area contributed by atoms with Gasteiger partial charge in [0.15, 0.2) is 16.8 Å². The van der Waals surface area contributed by atoms with E-state index in [1.807, 2.05) is 25.3 Å². The zero-order chi connectivity index (χ0) is 20.4. The fourth-order valence-corrected chi connectivity index (χ4v) is 5.50.